The van der Waals surface area contributed by atoms with Crippen molar-refractivity contribution in [3.63, 3.8) is 0 Å². The number of hydrogen-bond donors (Lipinski definition) is 1. The molecule has 1 amide bonds. The first-order valence-corrected chi connectivity index (χ1v) is 7.90. The number of amides is 1. The number of fused-ring (bicyclic) bond motifs is 1. The van der Waals surface area contributed by atoms with Gasteiger partial charge in [-0.1, -0.05) is 18.2 Å². The minimum Gasteiger partial charge on any atom is -0.454 e. The maximum absolute atomic E-state index is 13.6. The van der Waals surface area contributed by atoms with E-state index in [1.165, 1.54) is 12.1 Å². The number of piperazine rings is 1. The van der Waals surface area contributed by atoms with Gasteiger partial charge in [-0.25, -0.2) is 4.39 Å². The van der Waals surface area contributed by atoms with E-state index in [0.29, 0.717) is 36.7 Å². The molecule has 1 unspecified atom stereocenters. The molecule has 0 bridgehead atoms. The van der Waals surface area contributed by atoms with Crippen LogP contribution < -0.4 is 14.8 Å². The first-order valence-electron chi connectivity index (χ1n) is 7.90. The van der Waals surface area contributed by atoms with E-state index in [-0.39, 0.29) is 24.6 Å². The molecule has 4 rings (SSSR count). The minimum atomic E-state index is -0.303. The molecule has 1 saturated heterocycles. The highest BCUT2D eigenvalue weighted by molar-refractivity contribution is 5.98. The Morgan fingerprint density at radius 2 is 2.08 bits per heavy atom. The molecule has 1 N–H and O–H groups in total. The van der Waals surface area contributed by atoms with E-state index in [1.807, 2.05) is 6.07 Å². The van der Waals surface area contributed by atoms with Crippen LogP contribution in [0.15, 0.2) is 42.5 Å². The Bertz CT molecular complexity index is 781. The maximum Gasteiger partial charge on any atom is 0.258 e. The number of hydrogen-bond acceptors (Lipinski definition) is 4. The van der Waals surface area contributed by atoms with Crippen LogP contribution in [0.5, 0.6) is 11.5 Å². The Balaban J connectivity index is 1.68. The predicted octanol–water partition coefficient (Wildman–Crippen LogP) is 2.34. The Morgan fingerprint density at radius 1 is 1.21 bits per heavy atom. The van der Waals surface area contributed by atoms with Gasteiger partial charge in [0.2, 0.25) is 6.79 Å². The lowest BCUT2D eigenvalue weighted by Crippen LogP contribution is -2.48. The Labute approximate surface area is 139 Å². The van der Waals surface area contributed by atoms with Crippen molar-refractivity contribution in [2.45, 2.75) is 6.04 Å². The molecule has 2 aliphatic heterocycles. The van der Waals surface area contributed by atoms with E-state index in [9.17, 15) is 9.18 Å². The maximum atomic E-state index is 13.6. The van der Waals surface area contributed by atoms with Gasteiger partial charge in [-0.3, -0.25) is 4.79 Å². The third-order valence-electron chi connectivity index (χ3n) is 4.36. The molecule has 2 heterocycles. The standard InChI is InChI=1S/C18H17FN2O3/c19-13-4-1-3-12(9-13)15-10-20-7-8-21(15)18(22)14-5-2-6-16-17(14)24-11-23-16/h1-6,9,15,20H,7-8,10-11H2. The molecule has 0 aromatic heterocycles. The molecule has 6 heteroatoms. The number of para-hydroxylation sites is 1. The molecule has 0 radical (unpaired) electrons. The second-order valence-electron chi connectivity index (χ2n) is 5.81. The van der Waals surface area contributed by atoms with Crippen LogP contribution in [0.3, 0.4) is 0 Å². The lowest BCUT2D eigenvalue weighted by molar-refractivity contribution is 0.0629. The van der Waals surface area contributed by atoms with Crippen molar-refractivity contribution in [1.82, 2.24) is 10.2 Å². The van der Waals surface area contributed by atoms with Gasteiger partial charge in [0.1, 0.15) is 5.82 Å². The predicted molar refractivity (Wildman–Crippen MR) is 85.6 cm³/mol. The van der Waals surface area contributed by atoms with Crippen molar-refractivity contribution in [2.24, 2.45) is 0 Å². The van der Waals surface area contributed by atoms with Gasteiger partial charge in [-0.15, -0.1) is 0 Å². The van der Waals surface area contributed by atoms with Crippen LogP contribution in [0.25, 0.3) is 0 Å². The number of carbonyl (C=O) groups excluding carboxylic acids is 1. The van der Waals surface area contributed by atoms with Crippen LogP contribution in [0.1, 0.15) is 22.0 Å². The zero-order chi connectivity index (χ0) is 16.5. The number of halogens is 1. The second-order valence-corrected chi connectivity index (χ2v) is 5.81. The van der Waals surface area contributed by atoms with Crippen molar-refractivity contribution in [3.05, 3.63) is 59.4 Å². The first kappa shape index (κ1) is 15.0. The largest absolute Gasteiger partial charge is 0.454 e. The molecule has 124 valence electrons. The molecule has 1 fully saturated rings. The van der Waals surface area contributed by atoms with Gasteiger partial charge in [0.15, 0.2) is 11.5 Å². The topological polar surface area (TPSA) is 50.8 Å². The molecular formula is C18H17FN2O3. The fraction of sp³-hybridized carbons (Fsp3) is 0.278. The number of nitrogens with one attached hydrogen (secondary N) is 1. The molecule has 2 aliphatic rings. The van der Waals surface area contributed by atoms with Gasteiger partial charge < -0.3 is 19.7 Å². The summed E-state index contributed by atoms with van der Waals surface area (Å²) in [6, 6.07) is 11.5. The van der Waals surface area contributed by atoms with Gasteiger partial charge >= 0.3 is 0 Å². The highest BCUT2D eigenvalue weighted by atomic mass is 19.1. The van der Waals surface area contributed by atoms with Gasteiger partial charge in [0.25, 0.3) is 5.91 Å². The molecule has 2 aromatic rings. The molecule has 0 aliphatic carbocycles. The quantitative estimate of drug-likeness (QED) is 0.919. The van der Waals surface area contributed by atoms with Gasteiger partial charge in [-0.05, 0) is 29.8 Å². The number of ether oxygens (including phenoxy) is 2. The Morgan fingerprint density at radius 3 is 2.96 bits per heavy atom. The Kier molecular flexibility index (Phi) is 3.82. The van der Waals surface area contributed by atoms with E-state index in [1.54, 1.807) is 29.2 Å². The monoisotopic (exact) mass is 328 g/mol. The number of rotatable bonds is 2. The molecule has 2 aromatic carbocycles. The highest BCUT2D eigenvalue weighted by Crippen LogP contribution is 2.37. The van der Waals surface area contributed by atoms with E-state index in [0.717, 1.165) is 5.56 Å². The summed E-state index contributed by atoms with van der Waals surface area (Å²) in [6.45, 7) is 1.95. The number of nitrogens with zero attached hydrogens (tertiary/aromatic N) is 1. The minimum absolute atomic E-state index is 0.120. The zero-order valence-corrected chi connectivity index (χ0v) is 13.0. The van der Waals surface area contributed by atoms with Crippen LogP contribution in [0, 0.1) is 5.82 Å². The van der Waals surface area contributed by atoms with E-state index >= 15 is 0 Å². The first-order chi connectivity index (χ1) is 11.7. The van der Waals surface area contributed by atoms with Crippen molar-refractivity contribution in [2.75, 3.05) is 26.4 Å². The van der Waals surface area contributed by atoms with E-state index in [2.05, 4.69) is 5.32 Å². The second kappa shape index (κ2) is 6.13. The summed E-state index contributed by atoms with van der Waals surface area (Å²) in [5.41, 5.74) is 1.26. The molecular weight excluding hydrogens is 311 g/mol. The molecule has 5 nitrogen and oxygen atoms in total. The van der Waals surface area contributed by atoms with Crippen LogP contribution >= 0.6 is 0 Å². The highest BCUT2D eigenvalue weighted by Gasteiger charge is 2.32. The van der Waals surface area contributed by atoms with Gasteiger partial charge in [-0.2, -0.15) is 0 Å². The number of carbonyl (C=O) groups is 1. The van der Waals surface area contributed by atoms with Crippen LogP contribution in [0.2, 0.25) is 0 Å². The van der Waals surface area contributed by atoms with Crippen molar-refractivity contribution >= 4 is 5.91 Å². The average Bonchev–Trinajstić information content (AvgIpc) is 3.10. The molecule has 1 atom stereocenters. The zero-order valence-electron chi connectivity index (χ0n) is 13.0. The summed E-state index contributed by atoms with van der Waals surface area (Å²) in [4.78, 5) is 14.9. The summed E-state index contributed by atoms with van der Waals surface area (Å²) < 4.78 is 24.4. The fourth-order valence-electron chi connectivity index (χ4n) is 3.21. The summed E-state index contributed by atoms with van der Waals surface area (Å²) in [7, 11) is 0. The van der Waals surface area contributed by atoms with Crippen LogP contribution in [-0.2, 0) is 0 Å². The fourth-order valence-corrected chi connectivity index (χ4v) is 3.21. The summed E-state index contributed by atoms with van der Waals surface area (Å²) in [5, 5.41) is 3.27. The van der Waals surface area contributed by atoms with Crippen LogP contribution in [0.4, 0.5) is 4.39 Å². The SMILES string of the molecule is O=C(c1cccc2c1OCO2)N1CCNCC1c1cccc(F)c1. The van der Waals surface area contributed by atoms with Crippen molar-refractivity contribution in [1.29, 1.82) is 0 Å². The third-order valence-corrected chi connectivity index (χ3v) is 4.36. The van der Waals surface area contributed by atoms with Crippen LogP contribution in [-0.4, -0.2) is 37.2 Å². The smallest absolute Gasteiger partial charge is 0.258 e. The normalized spacial score (nSPS) is 19.4. The van der Waals surface area contributed by atoms with Crippen molar-refractivity contribution < 1.29 is 18.7 Å². The summed E-state index contributed by atoms with van der Waals surface area (Å²) >= 11 is 0. The lowest BCUT2D eigenvalue weighted by Gasteiger charge is -2.36. The summed E-state index contributed by atoms with van der Waals surface area (Å²) in [5.74, 6) is 0.633. The van der Waals surface area contributed by atoms with E-state index < -0.39 is 0 Å². The molecule has 24 heavy (non-hydrogen) atoms. The van der Waals surface area contributed by atoms with Gasteiger partial charge in [0, 0.05) is 19.6 Å². The Hall–Kier alpha value is -2.60. The van der Waals surface area contributed by atoms with Crippen molar-refractivity contribution in [3.8, 4) is 11.5 Å². The third kappa shape index (κ3) is 2.59. The number of benzene rings is 2. The van der Waals surface area contributed by atoms with E-state index in [4.69, 9.17) is 9.47 Å². The molecule has 0 spiro atoms. The average molecular weight is 328 g/mol. The molecule has 0 saturated carbocycles. The van der Waals surface area contributed by atoms with Gasteiger partial charge in [0.05, 0.1) is 11.6 Å². The summed E-state index contributed by atoms with van der Waals surface area (Å²) in [6.07, 6.45) is 0. The lowest BCUT2D eigenvalue weighted by atomic mass is 10.0.